The number of ketones is 4. The van der Waals surface area contributed by atoms with Crippen molar-refractivity contribution in [3.8, 4) is 46.8 Å². The number of alkyl halides is 1. The molecule has 2 atom stereocenters. The summed E-state index contributed by atoms with van der Waals surface area (Å²) < 4.78 is 46.3. The number of halogens is 1. The van der Waals surface area contributed by atoms with Gasteiger partial charge in [0.05, 0.1) is 51.5 Å². The topological polar surface area (TPSA) is 352 Å². The van der Waals surface area contributed by atoms with Gasteiger partial charge < -0.3 is 14.3 Å². The highest BCUT2D eigenvalue weighted by Gasteiger charge is 2.21. The molecule has 0 bridgehead atoms. The Balaban J connectivity index is 0.000000519. The molecular formula is C57H60BrN5O17S4. The van der Waals surface area contributed by atoms with E-state index < -0.39 is 28.1 Å². The number of Topliss-reactive ketones (excluding diaryl/α,β-unsaturated/α-hetero) is 4. The number of ether oxygens (including phenoxy) is 1. The fourth-order valence-corrected chi connectivity index (χ4v) is 7.90. The molecule has 0 aliphatic rings. The number of nitrogens with zero attached hydrogens (tertiary/aromatic N) is 1. The highest BCUT2D eigenvalue weighted by Crippen LogP contribution is 2.28. The van der Waals surface area contributed by atoms with Crippen molar-refractivity contribution in [3.63, 3.8) is 0 Å². The predicted octanol–water partition coefficient (Wildman–Crippen LogP) is 9.48. The van der Waals surface area contributed by atoms with Gasteiger partial charge >= 0.3 is 11.9 Å². The quantitative estimate of drug-likeness (QED) is 0.00903. The third kappa shape index (κ3) is 32.5. The zero-order valence-electron chi connectivity index (χ0n) is 46.4. The Bertz CT molecular complexity index is 3340. The number of carboxylic acids is 1. The average Bonchev–Trinajstić information content (AvgIpc) is 4.08. The highest BCUT2D eigenvalue weighted by molar-refractivity contribution is 9.09. The van der Waals surface area contributed by atoms with Crippen molar-refractivity contribution in [1.82, 2.24) is 4.98 Å². The molecule has 27 heteroatoms. The Labute approximate surface area is 508 Å². The number of esters is 1. The summed E-state index contributed by atoms with van der Waals surface area (Å²) in [5.41, 5.74) is 4.94. The van der Waals surface area contributed by atoms with Gasteiger partial charge in [0.2, 0.25) is 10.0 Å². The van der Waals surface area contributed by atoms with Gasteiger partial charge in [-0.3, -0.25) is 19.2 Å². The van der Waals surface area contributed by atoms with Crippen LogP contribution >= 0.6 is 52.1 Å². The maximum Gasteiger partial charge on any atom is 0.385 e. The van der Waals surface area contributed by atoms with E-state index in [0.29, 0.717) is 40.6 Å². The monoisotopic (exact) mass is 1290 g/mol. The van der Waals surface area contributed by atoms with Crippen molar-refractivity contribution in [3.05, 3.63) is 161 Å². The molecule has 0 fully saturated rings. The molecule has 6 aromatic rings. The summed E-state index contributed by atoms with van der Waals surface area (Å²) >= 11 is 6.22. The molecule has 22 nitrogen and oxygen atoms in total. The number of sulfonamides is 1. The van der Waals surface area contributed by atoms with Crippen molar-refractivity contribution in [2.24, 2.45) is 22.8 Å². The Morgan fingerprint density at radius 2 is 1.06 bits per heavy atom. The van der Waals surface area contributed by atoms with Crippen LogP contribution in [0.5, 0.6) is 0 Å². The standard InChI is InChI=1S/C13H12N2O3S.C13H13NO5S.C9H10BrNO3S.C9H11NO3S.C9H10O.C4H4O2/c1-3-4-12-15-9(2)13(18-12)10-5-7-11(8-6-10)19(14,16)17;1-3-4-12(16)17-13(9(2)15)10-5-7-11(8-6-10)20-19-18-14;1-6(12)9(10)7-2-4-8(5-3-7)15-14-13-11;1-7(11)6-8-2-4-9(5-3-8)14-13-12-10;1-8(10)7-9-5-3-2-4-6-9;1-2-3-4(5)6/h5-8H,1-2H3,(H2,14,16,17);5-8,13H,14H2,1-2H3;2-5,9H,11H2,1H3;2-5H,6,10H2,1H3;2-6H,7H2,1H3;1H3,(H,5,6). The van der Waals surface area contributed by atoms with E-state index >= 15 is 0 Å². The maximum absolute atomic E-state index is 11.5. The lowest BCUT2D eigenvalue weighted by molar-refractivity contribution is -0.195. The van der Waals surface area contributed by atoms with Crippen LogP contribution in [0.15, 0.2) is 151 Å². The number of hydrogen-bond donors (Lipinski definition) is 5. The third-order valence-corrected chi connectivity index (χ3v) is 13.4. The summed E-state index contributed by atoms with van der Waals surface area (Å²) in [5, 5.41) is 12.8. The highest BCUT2D eigenvalue weighted by atomic mass is 79.9. The molecule has 6 rings (SSSR count). The van der Waals surface area contributed by atoms with Gasteiger partial charge in [-0.1, -0.05) is 100 Å². The summed E-state index contributed by atoms with van der Waals surface area (Å²) in [4.78, 5) is 83.1. The molecule has 446 valence electrons. The van der Waals surface area contributed by atoms with E-state index in [4.69, 9.17) is 31.2 Å². The molecule has 2 unspecified atom stereocenters. The first-order valence-electron chi connectivity index (χ1n) is 23.8. The van der Waals surface area contributed by atoms with Crippen LogP contribution in [-0.2, 0) is 84.3 Å². The second kappa shape index (κ2) is 42.5. The van der Waals surface area contributed by atoms with E-state index in [2.05, 4.69) is 84.4 Å². The lowest BCUT2D eigenvalue weighted by Crippen LogP contribution is -2.16. The Morgan fingerprint density at radius 1 is 0.619 bits per heavy atom. The Hall–Kier alpha value is -7.31. The molecule has 0 aliphatic carbocycles. The molecule has 5 aromatic carbocycles. The Kier molecular flexibility index (Phi) is 37.8. The summed E-state index contributed by atoms with van der Waals surface area (Å²) in [6.07, 6.45) is 0.0362. The summed E-state index contributed by atoms with van der Waals surface area (Å²) in [7, 11) is -3.68. The predicted molar refractivity (Wildman–Crippen MR) is 318 cm³/mol. The SMILES string of the molecule is CC#CC(=O)O.CC#CC(=O)OC(C(C)=O)c1ccc(SOON)cc1.CC#Cc1nc(C)c(-c2ccc(S(N)(=O)=O)cc2)o1.CC(=O)C(Br)c1ccc(SOON)cc1.CC(=O)Cc1ccc(SOON)cc1.CC(=O)Cc1ccccc1. The lowest BCUT2D eigenvalue weighted by atomic mass is 10.1. The first kappa shape index (κ1) is 74.7. The minimum atomic E-state index is -3.68. The Morgan fingerprint density at radius 3 is 1.43 bits per heavy atom. The van der Waals surface area contributed by atoms with Crippen LogP contribution in [0.1, 0.15) is 93.2 Å². The van der Waals surface area contributed by atoms with Gasteiger partial charge in [0, 0.05) is 50.5 Å². The van der Waals surface area contributed by atoms with Crippen LogP contribution in [-0.4, -0.2) is 53.6 Å². The number of benzene rings is 5. The first-order chi connectivity index (χ1) is 39.9. The van der Waals surface area contributed by atoms with E-state index in [0.717, 1.165) is 68.2 Å². The third-order valence-electron chi connectivity index (χ3n) is 9.42. The fourth-order valence-electron chi connectivity index (χ4n) is 5.99. The van der Waals surface area contributed by atoms with E-state index in [9.17, 15) is 37.2 Å². The number of aryl methyl sites for hydroxylation is 1. The van der Waals surface area contributed by atoms with Crippen LogP contribution in [0.2, 0.25) is 0 Å². The van der Waals surface area contributed by atoms with Crippen LogP contribution in [0.3, 0.4) is 0 Å². The number of aromatic nitrogens is 1. The van der Waals surface area contributed by atoms with Gasteiger partial charge in [-0.15, -0.1) is 28.0 Å². The number of rotatable bonds is 20. The van der Waals surface area contributed by atoms with E-state index in [1.807, 2.05) is 84.8 Å². The molecule has 0 saturated carbocycles. The van der Waals surface area contributed by atoms with Crippen molar-refractivity contribution in [2.45, 2.75) is 98.7 Å². The first-order valence-corrected chi connectivity index (χ1v) is 28.5. The number of aliphatic carboxylic acids is 1. The zero-order valence-corrected chi connectivity index (χ0v) is 51.3. The van der Waals surface area contributed by atoms with Gasteiger partial charge in [0.15, 0.2) is 17.6 Å². The van der Waals surface area contributed by atoms with Crippen molar-refractivity contribution >= 4 is 97.2 Å². The summed E-state index contributed by atoms with van der Waals surface area (Å²) in [5.74, 6) is 27.5. The fraction of sp³-hybridized carbons (Fsp3) is 0.211. The molecule has 0 radical (unpaired) electrons. The number of nitrogens with two attached hydrogens (primary N) is 4. The number of carbonyl (C=O) groups excluding carboxylic acids is 5. The van der Waals surface area contributed by atoms with Gasteiger partial charge in [0.25, 0.3) is 5.89 Å². The molecule has 1 heterocycles. The van der Waals surface area contributed by atoms with E-state index in [1.54, 1.807) is 64.1 Å². The van der Waals surface area contributed by atoms with Crippen molar-refractivity contribution in [1.29, 1.82) is 0 Å². The minimum Gasteiger partial charge on any atom is -0.472 e. The average molecular weight is 1300 g/mol. The summed E-state index contributed by atoms with van der Waals surface area (Å²) in [6.45, 7) is 12.5. The van der Waals surface area contributed by atoms with E-state index in [-0.39, 0.29) is 32.9 Å². The molecule has 0 amide bonds. The second-order valence-corrected chi connectivity index (χ2v) is 20.9. The maximum atomic E-state index is 11.5. The van der Waals surface area contributed by atoms with Crippen molar-refractivity contribution < 1.29 is 79.4 Å². The molecule has 9 N–H and O–H groups in total. The molecule has 0 spiro atoms. The van der Waals surface area contributed by atoms with Gasteiger partial charge in [-0.25, -0.2) is 28.1 Å². The molecular weight excluding hydrogens is 1230 g/mol. The zero-order chi connectivity index (χ0) is 63.0. The number of hydrogen-bond acceptors (Lipinski definition) is 23. The molecule has 1 aromatic heterocycles. The van der Waals surface area contributed by atoms with Crippen LogP contribution in [0, 0.1) is 42.4 Å². The van der Waals surface area contributed by atoms with Gasteiger partial charge in [0.1, 0.15) is 17.3 Å². The largest absolute Gasteiger partial charge is 0.472 e. The minimum absolute atomic E-state index is 0.0574. The number of carboxylic acid groups (broad SMARTS) is 1. The van der Waals surface area contributed by atoms with E-state index in [1.165, 1.54) is 39.8 Å². The van der Waals surface area contributed by atoms with Crippen LogP contribution in [0.4, 0.5) is 0 Å². The number of primary sulfonamides is 1. The van der Waals surface area contributed by atoms with Gasteiger partial charge in [-0.05, 0) is 139 Å². The van der Waals surface area contributed by atoms with Gasteiger partial charge in [-0.2, -0.15) is 17.7 Å². The number of carbonyl (C=O) groups is 6. The van der Waals surface area contributed by atoms with Crippen molar-refractivity contribution in [2.75, 3.05) is 0 Å². The lowest BCUT2D eigenvalue weighted by Gasteiger charge is -2.13. The van der Waals surface area contributed by atoms with Crippen LogP contribution in [0.25, 0.3) is 11.3 Å². The molecule has 0 aliphatic heterocycles. The second-order valence-electron chi connectivity index (χ2n) is 16.1. The number of oxazole rings is 1. The summed E-state index contributed by atoms with van der Waals surface area (Å²) in [6, 6.07) is 37.2. The van der Waals surface area contributed by atoms with Crippen LogP contribution < -0.4 is 22.8 Å². The molecule has 0 saturated heterocycles. The normalized spacial score (nSPS) is 10.5. The smallest absolute Gasteiger partial charge is 0.385 e. The molecule has 84 heavy (non-hydrogen) atoms.